The first-order chi connectivity index (χ1) is 11.7. The number of rotatable bonds is 4. The summed E-state index contributed by atoms with van der Waals surface area (Å²) in [5, 5.41) is 9.66. The smallest absolute Gasteiger partial charge is 0.195 e. The number of hydrogen-bond donors (Lipinski definition) is 1. The summed E-state index contributed by atoms with van der Waals surface area (Å²) in [6.07, 6.45) is 2.44. The summed E-state index contributed by atoms with van der Waals surface area (Å²) < 4.78 is 8.52. The van der Waals surface area contributed by atoms with Crippen molar-refractivity contribution in [2.24, 2.45) is 0 Å². The van der Waals surface area contributed by atoms with Gasteiger partial charge in [-0.2, -0.15) is 5.10 Å². The molecule has 3 heterocycles. The second kappa shape index (κ2) is 6.63. The van der Waals surface area contributed by atoms with Gasteiger partial charge >= 0.3 is 0 Å². The number of nitrogens with one attached hydrogen (secondary N) is 1. The summed E-state index contributed by atoms with van der Waals surface area (Å²) in [6.45, 7) is 3.76. The summed E-state index contributed by atoms with van der Waals surface area (Å²) in [6, 6.07) is 10.5. The molecule has 24 heavy (non-hydrogen) atoms. The van der Waals surface area contributed by atoms with Gasteiger partial charge in [0, 0.05) is 28.0 Å². The van der Waals surface area contributed by atoms with E-state index in [-0.39, 0.29) is 6.10 Å². The Hall–Kier alpha value is -1.76. The van der Waals surface area contributed by atoms with Crippen LogP contribution < -0.4 is 0 Å². The highest BCUT2D eigenvalue weighted by molar-refractivity contribution is 7.71. The monoisotopic (exact) mass is 357 g/mol. The van der Waals surface area contributed by atoms with Gasteiger partial charge < -0.3 is 4.74 Å². The lowest BCUT2D eigenvalue weighted by Gasteiger charge is -2.13. The van der Waals surface area contributed by atoms with Crippen molar-refractivity contribution < 1.29 is 4.74 Å². The van der Waals surface area contributed by atoms with Crippen LogP contribution in [0.15, 0.2) is 35.7 Å². The van der Waals surface area contributed by atoms with Gasteiger partial charge in [-0.1, -0.05) is 30.3 Å². The van der Waals surface area contributed by atoms with Crippen molar-refractivity contribution >= 4 is 23.6 Å². The van der Waals surface area contributed by atoms with Crippen LogP contribution in [0, 0.1) is 11.7 Å². The van der Waals surface area contributed by atoms with Gasteiger partial charge in [0.1, 0.15) is 0 Å². The molecule has 0 saturated carbocycles. The normalized spacial score (nSPS) is 17.5. The second-order valence-corrected chi connectivity index (χ2v) is 7.52. The first-order valence-electron chi connectivity index (χ1n) is 8.14. The first kappa shape index (κ1) is 15.7. The third-order valence-electron chi connectivity index (χ3n) is 4.45. The molecule has 1 fully saturated rings. The van der Waals surface area contributed by atoms with Crippen LogP contribution in [0.25, 0.3) is 22.5 Å². The van der Waals surface area contributed by atoms with E-state index < -0.39 is 0 Å². The number of nitrogens with zero attached hydrogens (tertiary/aromatic N) is 2. The maximum atomic E-state index is 5.79. The number of aryl methyl sites for hydroxylation is 1. The predicted octanol–water partition coefficient (Wildman–Crippen LogP) is 4.82. The molecule has 4 rings (SSSR count). The van der Waals surface area contributed by atoms with E-state index >= 15 is 0 Å². The lowest BCUT2D eigenvalue weighted by molar-refractivity contribution is 0.0970. The fourth-order valence-electron chi connectivity index (χ4n) is 3.27. The van der Waals surface area contributed by atoms with Crippen molar-refractivity contribution in [3.05, 3.63) is 45.4 Å². The number of aromatic amines is 1. The van der Waals surface area contributed by atoms with E-state index in [1.807, 2.05) is 6.07 Å². The van der Waals surface area contributed by atoms with E-state index in [1.165, 1.54) is 16.0 Å². The molecule has 1 saturated heterocycles. The molecule has 0 aliphatic carbocycles. The van der Waals surface area contributed by atoms with Gasteiger partial charge in [0.05, 0.1) is 12.6 Å². The molecule has 2 aromatic heterocycles. The molecule has 1 aliphatic heterocycles. The highest BCUT2D eigenvalue weighted by Gasteiger charge is 2.22. The molecule has 1 unspecified atom stereocenters. The largest absolute Gasteiger partial charge is 0.376 e. The van der Waals surface area contributed by atoms with Gasteiger partial charge in [0.2, 0.25) is 0 Å². The highest BCUT2D eigenvalue weighted by Crippen LogP contribution is 2.38. The van der Waals surface area contributed by atoms with Gasteiger partial charge in [-0.25, -0.2) is 0 Å². The standard InChI is InChI=1S/C18H19N3OS2/c1-12-16(13-6-3-2-4-7-13)15(11-24-12)17-19-20-18(23)21(17)10-14-8-5-9-22-14/h2-4,6-7,11,14H,5,8-10H2,1H3,(H,20,23). The van der Waals surface area contributed by atoms with Gasteiger partial charge in [-0.05, 0) is 37.5 Å². The van der Waals surface area contributed by atoms with E-state index in [0.29, 0.717) is 4.77 Å². The maximum absolute atomic E-state index is 5.79. The lowest BCUT2D eigenvalue weighted by Crippen LogP contribution is -2.16. The number of benzene rings is 1. The summed E-state index contributed by atoms with van der Waals surface area (Å²) >= 11 is 7.22. The number of ether oxygens (including phenoxy) is 1. The van der Waals surface area contributed by atoms with Crippen molar-refractivity contribution in [1.29, 1.82) is 0 Å². The minimum Gasteiger partial charge on any atom is -0.376 e. The van der Waals surface area contributed by atoms with Crippen LogP contribution in [0.1, 0.15) is 17.7 Å². The molecule has 1 N–H and O–H groups in total. The molecule has 1 aliphatic rings. The maximum Gasteiger partial charge on any atom is 0.195 e. The molecule has 6 heteroatoms. The molecule has 4 nitrogen and oxygen atoms in total. The average molecular weight is 358 g/mol. The third kappa shape index (κ3) is 2.85. The van der Waals surface area contributed by atoms with Gasteiger partial charge in [0.25, 0.3) is 0 Å². The highest BCUT2D eigenvalue weighted by atomic mass is 32.1. The van der Waals surface area contributed by atoms with Crippen molar-refractivity contribution in [2.45, 2.75) is 32.4 Å². The summed E-state index contributed by atoms with van der Waals surface area (Å²) in [4.78, 5) is 1.29. The molecule has 1 atom stereocenters. The van der Waals surface area contributed by atoms with Gasteiger partial charge in [-0.3, -0.25) is 9.67 Å². The molecule has 0 amide bonds. The average Bonchev–Trinajstić information content (AvgIpc) is 3.31. The third-order valence-corrected chi connectivity index (χ3v) is 5.67. The predicted molar refractivity (Wildman–Crippen MR) is 99.9 cm³/mol. The Bertz CT molecular complexity index is 889. The fraction of sp³-hybridized carbons (Fsp3) is 0.333. The van der Waals surface area contributed by atoms with Crippen LogP contribution in [-0.4, -0.2) is 27.5 Å². The SMILES string of the molecule is Cc1scc(-c2n[nH]c(=S)n2CC2CCCO2)c1-c1ccccc1. The zero-order valence-corrected chi connectivity index (χ0v) is 15.1. The molecular formula is C18H19N3OS2. The quantitative estimate of drug-likeness (QED) is 0.681. The fourth-order valence-corrected chi connectivity index (χ4v) is 4.34. The van der Waals surface area contributed by atoms with E-state index in [2.05, 4.69) is 51.3 Å². The lowest BCUT2D eigenvalue weighted by atomic mass is 10.0. The first-order valence-corrected chi connectivity index (χ1v) is 9.43. The summed E-state index contributed by atoms with van der Waals surface area (Å²) in [5.74, 6) is 0.902. The summed E-state index contributed by atoms with van der Waals surface area (Å²) in [5.41, 5.74) is 3.58. The van der Waals surface area contributed by atoms with Gasteiger partial charge in [-0.15, -0.1) is 11.3 Å². The topological polar surface area (TPSA) is 42.8 Å². The van der Waals surface area contributed by atoms with Crippen molar-refractivity contribution in [1.82, 2.24) is 14.8 Å². The minimum absolute atomic E-state index is 0.230. The van der Waals surface area contributed by atoms with Crippen molar-refractivity contribution in [3.8, 4) is 22.5 Å². The molecule has 3 aromatic rings. The van der Waals surface area contributed by atoms with Crippen LogP contribution in [-0.2, 0) is 11.3 Å². The molecule has 0 spiro atoms. The van der Waals surface area contributed by atoms with Crippen LogP contribution in [0.3, 0.4) is 0 Å². The van der Waals surface area contributed by atoms with Gasteiger partial charge in [0.15, 0.2) is 10.6 Å². The van der Waals surface area contributed by atoms with E-state index in [4.69, 9.17) is 17.0 Å². The Kier molecular flexibility index (Phi) is 4.35. The number of H-pyrrole nitrogens is 1. The molecule has 1 aromatic carbocycles. The Labute approximate surface area is 150 Å². The van der Waals surface area contributed by atoms with E-state index in [9.17, 15) is 0 Å². The van der Waals surface area contributed by atoms with E-state index in [0.717, 1.165) is 37.4 Å². The number of aromatic nitrogens is 3. The zero-order chi connectivity index (χ0) is 16.5. The van der Waals surface area contributed by atoms with Crippen LogP contribution in [0.4, 0.5) is 0 Å². The van der Waals surface area contributed by atoms with Crippen LogP contribution >= 0.6 is 23.6 Å². The molecule has 0 bridgehead atoms. The number of hydrogen-bond acceptors (Lipinski definition) is 4. The Balaban J connectivity index is 1.79. The molecular weight excluding hydrogens is 338 g/mol. The van der Waals surface area contributed by atoms with Crippen molar-refractivity contribution in [3.63, 3.8) is 0 Å². The molecule has 124 valence electrons. The molecule has 0 radical (unpaired) electrons. The van der Waals surface area contributed by atoms with Crippen LogP contribution in [0.2, 0.25) is 0 Å². The Morgan fingerprint density at radius 2 is 2.21 bits per heavy atom. The summed E-state index contributed by atoms with van der Waals surface area (Å²) in [7, 11) is 0. The Morgan fingerprint density at radius 1 is 1.38 bits per heavy atom. The second-order valence-electron chi connectivity index (χ2n) is 6.04. The zero-order valence-electron chi connectivity index (χ0n) is 13.5. The minimum atomic E-state index is 0.230. The Morgan fingerprint density at radius 3 is 2.96 bits per heavy atom. The van der Waals surface area contributed by atoms with Crippen molar-refractivity contribution in [2.75, 3.05) is 6.61 Å². The number of thiophene rings is 1. The van der Waals surface area contributed by atoms with Crippen LogP contribution in [0.5, 0.6) is 0 Å². The van der Waals surface area contributed by atoms with E-state index in [1.54, 1.807) is 11.3 Å².